The van der Waals surface area contributed by atoms with Crippen molar-refractivity contribution >= 4 is 29.6 Å². The van der Waals surface area contributed by atoms with Gasteiger partial charge in [0.05, 0.1) is 6.10 Å². The Kier molecular flexibility index (Phi) is 10.2. The minimum atomic E-state index is -1.36. The zero-order chi connectivity index (χ0) is 27.0. The predicted molar refractivity (Wildman–Crippen MR) is 126 cm³/mol. The Hall–Kier alpha value is -3.71. The quantitative estimate of drug-likeness (QED) is 0.165. The van der Waals surface area contributed by atoms with Gasteiger partial charge in [0, 0.05) is 19.4 Å². The molecule has 0 saturated carbocycles. The van der Waals surface area contributed by atoms with Crippen molar-refractivity contribution in [1.29, 1.82) is 0 Å². The number of nitrogens with one attached hydrogen (secondary N) is 2. The number of aliphatic hydroxyl groups excluding tert-OH is 1. The highest BCUT2D eigenvalue weighted by atomic mass is 16.4. The molecule has 5 atom stereocenters. The molecule has 4 amide bonds. The standard InChI is InChI=1S/C23H33N5O8/c1-12(29)19(25)22(34)28-10-2-3-17(28)21(33)26-15(8-9-18(24)31)20(32)27-16(23(35)36)11-13-4-6-14(30)7-5-13/h4-7,12,15-17,19,29-30H,2-3,8-11,25H2,1H3,(H2,24,31)(H,26,33)(H,27,32)(H,35,36). The number of hydrogen-bond acceptors (Lipinski definition) is 8. The van der Waals surface area contributed by atoms with Crippen molar-refractivity contribution < 1.29 is 39.3 Å². The second-order valence-corrected chi connectivity index (χ2v) is 8.79. The minimum Gasteiger partial charge on any atom is -0.508 e. The van der Waals surface area contributed by atoms with Crippen molar-refractivity contribution in [3.05, 3.63) is 29.8 Å². The van der Waals surface area contributed by atoms with E-state index in [0.717, 1.165) is 0 Å². The fourth-order valence-corrected chi connectivity index (χ4v) is 3.86. The number of phenols is 1. The van der Waals surface area contributed by atoms with Gasteiger partial charge in [-0.15, -0.1) is 0 Å². The Labute approximate surface area is 207 Å². The van der Waals surface area contributed by atoms with Crippen molar-refractivity contribution in [3.63, 3.8) is 0 Å². The zero-order valence-corrected chi connectivity index (χ0v) is 19.9. The highest BCUT2D eigenvalue weighted by Crippen LogP contribution is 2.19. The molecule has 1 heterocycles. The van der Waals surface area contributed by atoms with Gasteiger partial charge in [-0.25, -0.2) is 4.79 Å². The molecule has 1 aliphatic heterocycles. The van der Waals surface area contributed by atoms with E-state index < -0.39 is 59.9 Å². The van der Waals surface area contributed by atoms with Crippen LogP contribution in [-0.4, -0.2) is 86.6 Å². The average Bonchev–Trinajstić information content (AvgIpc) is 3.31. The number of benzene rings is 1. The number of likely N-dealkylation sites (tertiary alicyclic amines) is 1. The van der Waals surface area contributed by atoms with E-state index in [4.69, 9.17) is 11.5 Å². The van der Waals surface area contributed by atoms with Crippen LogP contribution in [0.15, 0.2) is 24.3 Å². The second-order valence-electron chi connectivity index (χ2n) is 8.79. The van der Waals surface area contributed by atoms with E-state index >= 15 is 0 Å². The molecule has 0 bridgehead atoms. The number of nitrogens with two attached hydrogens (primary N) is 2. The highest BCUT2D eigenvalue weighted by Gasteiger charge is 2.38. The molecular weight excluding hydrogens is 474 g/mol. The highest BCUT2D eigenvalue weighted by molar-refractivity contribution is 5.94. The summed E-state index contributed by atoms with van der Waals surface area (Å²) in [5, 5.41) is 33.5. The van der Waals surface area contributed by atoms with E-state index in [1.807, 2.05) is 0 Å². The first-order valence-corrected chi connectivity index (χ1v) is 11.5. The van der Waals surface area contributed by atoms with Crippen molar-refractivity contribution in [2.24, 2.45) is 11.5 Å². The third-order valence-electron chi connectivity index (χ3n) is 5.95. The number of hydrogen-bond donors (Lipinski definition) is 7. The summed E-state index contributed by atoms with van der Waals surface area (Å²) < 4.78 is 0. The van der Waals surface area contributed by atoms with Crippen LogP contribution in [0.3, 0.4) is 0 Å². The van der Waals surface area contributed by atoms with E-state index in [1.54, 1.807) is 0 Å². The molecule has 0 spiro atoms. The molecule has 1 aliphatic rings. The topological polar surface area (TPSA) is 225 Å². The Morgan fingerprint density at radius 3 is 2.31 bits per heavy atom. The Morgan fingerprint density at radius 1 is 1.11 bits per heavy atom. The first kappa shape index (κ1) is 28.5. The number of nitrogens with zero attached hydrogens (tertiary/aromatic N) is 1. The zero-order valence-electron chi connectivity index (χ0n) is 19.9. The van der Waals surface area contributed by atoms with Crippen LogP contribution in [-0.2, 0) is 30.4 Å². The fourth-order valence-electron chi connectivity index (χ4n) is 3.86. The van der Waals surface area contributed by atoms with Gasteiger partial charge in [0.2, 0.25) is 23.6 Å². The lowest BCUT2D eigenvalue weighted by molar-refractivity contribution is -0.143. The van der Waals surface area contributed by atoms with Crippen LogP contribution in [0.2, 0.25) is 0 Å². The third kappa shape index (κ3) is 7.92. The summed E-state index contributed by atoms with van der Waals surface area (Å²) in [5.74, 6) is -4.17. The van der Waals surface area contributed by atoms with Crippen LogP contribution in [0.25, 0.3) is 0 Å². The smallest absolute Gasteiger partial charge is 0.326 e. The number of aliphatic hydroxyl groups is 1. The number of phenolic OH excluding ortho intramolecular Hbond substituents is 1. The second kappa shape index (κ2) is 12.8. The monoisotopic (exact) mass is 507 g/mol. The van der Waals surface area contributed by atoms with E-state index in [0.29, 0.717) is 18.4 Å². The van der Waals surface area contributed by atoms with E-state index in [-0.39, 0.29) is 31.6 Å². The lowest BCUT2D eigenvalue weighted by atomic mass is 10.0. The summed E-state index contributed by atoms with van der Waals surface area (Å²) in [6.45, 7) is 1.60. The normalized spacial score (nSPS) is 18.5. The molecule has 1 saturated heterocycles. The van der Waals surface area contributed by atoms with Crippen molar-refractivity contribution in [1.82, 2.24) is 15.5 Å². The van der Waals surface area contributed by atoms with Crippen molar-refractivity contribution in [3.8, 4) is 5.75 Å². The fraction of sp³-hybridized carbons (Fsp3) is 0.522. The number of carbonyl (C=O) groups excluding carboxylic acids is 4. The van der Waals surface area contributed by atoms with Gasteiger partial charge in [-0.3, -0.25) is 19.2 Å². The number of carbonyl (C=O) groups is 5. The Bertz CT molecular complexity index is 968. The van der Waals surface area contributed by atoms with Gasteiger partial charge in [-0.1, -0.05) is 12.1 Å². The Morgan fingerprint density at radius 2 is 1.75 bits per heavy atom. The molecule has 5 unspecified atom stereocenters. The molecule has 198 valence electrons. The Balaban J connectivity index is 2.14. The molecule has 0 radical (unpaired) electrons. The maximum Gasteiger partial charge on any atom is 0.326 e. The summed E-state index contributed by atoms with van der Waals surface area (Å²) in [4.78, 5) is 62.9. The molecule has 9 N–H and O–H groups in total. The van der Waals surface area contributed by atoms with E-state index in [1.165, 1.54) is 36.1 Å². The number of aliphatic carboxylic acids is 1. The number of rotatable bonds is 12. The van der Waals surface area contributed by atoms with Gasteiger partial charge in [-0.2, -0.15) is 0 Å². The maximum absolute atomic E-state index is 13.0. The van der Waals surface area contributed by atoms with Crippen LogP contribution < -0.4 is 22.1 Å². The van der Waals surface area contributed by atoms with Crippen LogP contribution >= 0.6 is 0 Å². The molecular formula is C23H33N5O8. The molecule has 1 aromatic carbocycles. The molecule has 0 aliphatic carbocycles. The predicted octanol–water partition coefficient (Wildman–Crippen LogP) is -2.05. The van der Waals surface area contributed by atoms with Crippen molar-refractivity contribution in [2.45, 2.75) is 69.3 Å². The minimum absolute atomic E-state index is 0.00210. The van der Waals surface area contributed by atoms with Crippen LogP contribution in [0, 0.1) is 0 Å². The first-order chi connectivity index (χ1) is 16.9. The molecule has 1 fully saturated rings. The summed E-state index contributed by atoms with van der Waals surface area (Å²) in [6.07, 6.45) is -0.868. The van der Waals surface area contributed by atoms with Crippen molar-refractivity contribution in [2.75, 3.05) is 6.54 Å². The SMILES string of the molecule is CC(O)C(N)C(=O)N1CCCC1C(=O)NC(CCC(N)=O)C(=O)NC(Cc1ccc(O)cc1)C(=O)O. The lowest BCUT2D eigenvalue weighted by Crippen LogP contribution is -2.57. The summed E-state index contributed by atoms with van der Waals surface area (Å²) in [5.41, 5.74) is 11.5. The molecule has 2 rings (SSSR count). The van der Waals surface area contributed by atoms with Crippen LogP contribution in [0.4, 0.5) is 0 Å². The van der Waals surface area contributed by atoms with Gasteiger partial charge in [-0.05, 0) is 43.9 Å². The molecule has 1 aromatic rings. The largest absolute Gasteiger partial charge is 0.508 e. The first-order valence-electron chi connectivity index (χ1n) is 11.5. The number of primary amides is 1. The van der Waals surface area contributed by atoms with E-state index in [9.17, 15) is 39.3 Å². The molecule has 36 heavy (non-hydrogen) atoms. The number of aromatic hydroxyl groups is 1. The van der Waals surface area contributed by atoms with E-state index in [2.05, 4.69) is 10.6 Å². The number of carboxylic acid groups (broad SMARTS) is 1. The third-order valence-corrected chi connectivity index (χ3v) is 5.95. The van der Waals surface area contributed by atoms with Gasteiger partial charge in [0.25, 0.3) is 0 Å². The number of amides is 4. The van der Waals surface area contributed by atoms with Crippen LogP contribution in [0.1, 0.15) is 38.2 Å². The molecule has 13 nitrogen and oxygen atoms in total. The van der Waals surface area contributed by atoms with Gasteiger partial charge < -0.3 is 42.3 Å². The molecule has 13 heteroatoms. The lowest BCUT2D eigenvalue weighted by Gasteiger charge is -2.29. The van der Waals surface area contributed by atoms with Gasteiger partial charge in [0.1, 0.15) is 29.9 Å². The summed E-state index contributed by atoms with van der Waals surface area (Å²) in [6, 6.07) is 0.954. The van der Waals surface area contributed by atoms with Gasteiger partial charge in [0.15, 0.2) is 0 Å². The summed E-state index contributed by atoms with van der Waals surface area (Å²) >= 11 is 0. The number of carboxylic acids is 1. The van der Waals surface area contributed by atoms with Gasteiger partial charge >= 0.3 is 5.97 Å². The summed E-state index contributed by atoms with van der Waals surface area (Å²) in [7, 11) is 0. The average molecular weight is 508 g/mol. The maximum atomic E-state index is 13.0. The molecule has 0 aromatic heterocycles. The van der Waals surface area contributed by atoms with Crippen LogP contribution in [0.5, 0.6) is 5.75 Å².